The van der Waals surface area contributed by atoms with E-state index >= 15 is 0 Å². The fraction of sp³-hybridized carbons (Fsp3) is 0.750. The van der Waals surface area contributed by atoms with Gasteiger partial charge in [0.2, 0.25) is 5.91 Å². The second-order valence-corrected chi connectivity index (χ2v) is 7.56. The third-order valence-corrected chi connectivity index (χ3v) is 5.57. The van der Waals surface area contributed by atoms with E-state index in [-0.39, 0.29) is 6.04 Å². The summed E-state index contributed by atoms with van der Waals surface area (Å²) in [6.07, 6.45) is 4.55. The van der Waals surface area contributed by atoms with Crippen LogP contribution in [0.15, 0.2) is 4.99 Å². The van der Waals surface area contributed by atoms with Crippen LogP contribution in [0, 0.1) is 13.8 Å². The van der Waals surface area contributed by atoms with Gasteiger partial charge in [-0.15, -0.1) is 0 Å². The van der Waals surface area contributed by atoms with E-state index in [0.29, 0.717) is 18.4 Å². The molecule has 0 radical (unpaired) electrons. The van der Waals surface area contributed by atoms with Gasteiger partial charge in [0.15, 0.2) is 5.96 Å². The molecule has 152 valence electrons. The zero-order chi connectivity index (χ0) is 20.0. The van der Waals surface area contributed by atoms with Crippen LogP contribution in [0.3, 0.4) is 0 Å². The van der Waals surface area contributed by atoms with Gasteiger partial charge in [0.05, 0.1) is 5.69 Å². The van der Waals surface area contributed by atoms with Gasteiger partial charge < -0.3 is 15.5 Å². The zero-order valence-corrected chi connectivity index (χ0v) is 17.8. The second kappa shape index (κ2) is 9.76. The molecule has 2 unspecified atom stereocenters. The molecular weight excluding hydrogens is 340 g/mol. The van der Waals surface area contributed by atoms with Crippen LogP contribution >= 0.6 is 0 Å². The first kappa shape index (κ1) is 21.3. The largest absolute Gasteiger partial charge is 0.356 e. The van der Waals surface area contributed by atoms with Crippen LogP contribution in [-0.4, -0.2) is 58.8 Å². The van der Waals surface area contributed by atoms with Gasteiger partial charge in [-0.25, -0.2) is 0 Å². The summed E-state index contributed by atoms with van der Waals surface area (Å²) in [6, 6.07) is 0.573. The topological polar surface area (TPSA) is 74.6 Å². The van der Waals surface area contributed by atoms with Crippen molar-refractivity contribution in [2.75, 3.05) is 20.1 Å². The average Bonchev–Trinajstić information content (AvgIpc) is 3.16. The standard InChI is InChI=1S/C20H36N6O/c1-7-17(26-12-8-9-19(26)27)10-11-22-20(21-5)23-14(2)13-18-15(3)24-25(6)16(18)4/h14,17H,7-13H2,1-6H3,(H2,21,22,23). The van der Waals surface area contributed by atoms with Gasteiger partial charge >= 0.3 is 0 Å². The monoisotopic (exact) mass is 376 g/mol. The molecule has 7 nitrogen and oxygen atoms in total. The SMILES string of the molecule is CCC(CCNC(=NC)NC(C)Cc1c(C)nn(C)c1C)N1CCCC1=O. The van der Waals surface area contributed by atoms with Gasteiger partial charge in [0.1, 0.15) is 0 Å². The van der Waals surface area contributed by atoms with Crippen LogP contribution in [-0.2, 0) is 18.3 Å². The Kier molecular flexibility index (Phi) is 7.68. The second-order valence-electron chi connectivity index (χ2n) is 7.56. The molecule has 2 atom stereocenters. The highest BCUT2D eigenvalue weighted by Crippen LogP contribution is 2.17. The number of aliphatic imine (C=N–C) groups is 1. The first-order valence-electron chi connectivity index (χ1n) is 10.1. The average molecular weight is 377 g/mol. The van der Waals surface area contributed by atoms with Crippen molar-refractivity contribution in [2.24, 2.45) is 12.0 Å². The normalized spacial score (nSPS) is 17.3. The Morgan fingerprint density at radius 3 is 2.63 bits per heavy atom. The molecule has 0 aromatic carbocycles. The number of hydrogen-bond acceptors (Lipinski definition) is 3. The fourth-order valence-electron chi connectivity index (χ4n) is 3.89. The lowest BCUT2D eigenvalue weighted by atomic mass is 10.1. The molecule has 2 rings (SSSR count). The first-order valence-corrected chi connectivity index (χ1v) is 10.1. The molecule has 1 aromatic rings. The van der Waals surface area contributed by atoms with E-state index in [2.05, 4.69) is 53.3 Å². The Bertz CT molecular complexity index is 666. The summed E-state index contributed by atoms with van der Waals surface area (Å²) in [5, 5.41) is 11.4. The van der Waals surface area contributed by atoms with E-state index in [1.165, 1.54) is 11.3 Å². The molecule has 7 heteroatoms. The predicted molar refractivity (Wildman–Crippen MR) is 110 cm³/mol. The van der Waals surface area contributed by atoms with Crippen molar-refractivity contribution < 1.29 is 4.79 Å². The van der Waals surface area contributed by atoms with Gasteiger partial charge in [-0.3, -0.25) is 14.5 Å². The molecule has 1 saturated heterocycles. The predicted octanol–water partition coefficient (Wildman–Crippen LogP) is 1.92. The van der Waals surface area contributed by atoms with Crippen molar-refractivity contribution in [3.63, 3.8) is 0 Å². The quantitative estimate of drug-likeness (QED) is 0.537. The number of likely N-dealkylation sites (tertiary alicyclic amines) is 1. The van der Waals surface area contributed by atoms with Crippen LogP contribution in [0.4, 0.5) is 0 Å². The van der Waals surface area contributed by atoms with Crippen molar-refractivity contribution >= 4 is 11.9 Å². The van der Waals surface area contributed by atoms with Crippen LogP contribution in [0.5, 0.6) is 0 Å². The molecule has 2 N–H and O–H groups in total. The van der Waals surface area contributed by atoms with Crippen molar-refractivity contribution in [1.82, 2.24) is 25.3 Å². The number of guanidine groups is 1. The molecule has 1 aliphatic heterocycles. The summed E-state index contributed by atoms with van der Waals surface area (Å²) >= 11 is 0. The van der Waals surface area contributed by atoms with Gasteiger partial charge in [0.25, 0.3) is 0 Å². The Hall–Kier alpha value is -2.05. The number of nitrogens with one attached hydrogen (secondary N) is 2. The molecule has 1 amide bonds. The van der Waals surface area contributed by atoms with Crippen LogP contribution in [0.1, 0.15) is 56.5 Å². The summed E-state index contributed by atoms with van der Waals surface area (Å²) in [6.45, 7) is 10.2. The highest BCUT2D eigenvalue weighted by Gasteiger charge is 2.26. The molecule has 27 heavy (non-hydrogen) atoms. The van der Waals surface area contributed by atoms with Crippen molar-refractivity contribution in [1.29, 1.82) is 0 Å². The molecule has 2 heterocycles. The zero-order valence-electron chi connectivity index (χ0n) is 17.8. The lowest BCUT2D eigenvalue weighted by Gasteiger charge is -2.27. The van der Waals surface area contributed by atoms with E-state index in [1.54, 1.807) is 7.05 Å². The van der Waals surface area contributed by atoms with E-state index < -0.39 is 0 Å². The number of nitrogens with zero attached hydrogens (tertiary/aromatic N) is 4. The third kappa shape index (κ3) is 5.47. The molecular formula is C20H36N6O. The van der Waals surface area contributed by atoms with Gasteiger partial charge in [0, 0.05) is 51.4 Å². The maximum absolute atomic E-state index is 12.0. The van der Waals surface area contributed by atoms with Crippen LogP contribution < -0.4 is 10.6 Å². The number of rotatable bonds is 8. The number of aromatic nitrogens is 2. The van der Waals surface area contributed by atoms with E-state index in [1.807, 2.05) is 11.7 Å². The van der Waals surface area contributed by atoms with Crippen molar-refractivity contribution in [2.45, 2.75) is 71.9 Å². The summed E-state index contributed by atoms with van der Waals surface area (Å²) in [7, 11) is 3.78. The van der Waals surface area contributed by atoms with Gasteiger partial charge in [-0.05, 0) is 52.0 Å². The minimum absolute atomic E-state index is 0.250. The molecule has 0 bridgehead atoms. The molecule has 0 saturated carbocycles. The lowest BCUT2D eigenvalue weighted by molar-refractivity contribution is -0.129. The molecule has 0 aliphatic carbocycles. The highest BCUT2D eigenvalue weighted by atomic mass is 16.2. The number of amides is 1. The smallest absolute Gasteiger partial charge is 0.222 e. The maximum atomic E-state index is 12.0. The molecule has 0 spiro atoms. The van der Waals surface area contributed by atoms with Gasteiger partial charge in [-0.2, -0.15) is 5.10 Å². The first-order chi connectivity index (χ1) is 12.9. The van der Waals surface area contributed by atoms with Gasteiger partial charge in [-0.1, -0.05) is 6.92 Å². The van der Waals surface area contributed by atoms with Crippen molar-refractivity contribution in [3.8, 4) is 0 Å². The summed E-state index contributed by atoms with van der Waals surface area (Å²) in [5.41, 5.74) is 3.60. The fourth-order valence-corrected chi connectivity index (χ4v) is 3.89. The lowest BCUT2D eigenvalue weighted by Crippen LogP contribution is -2.45. The highest BCUT2D eigenvalue weighted by molar-refractivity contribution is 5.80. The van der Waals surface area contributed by atoms with Crippen LogP contribution in [0.2, 0.25) is 0 Å². The molecule has 1 aliphatic rings. The number of carbonyl (C=O) groups excluding carboxylic acids is 1. The summed E-state index contributed by atoms with van der Waals surface area (Å²) in [5.74, 6) is 1.12. The Balaban J connectivity index is 1.81. The maximum Gasteiger partial charge on any atom is 0.222 e. The van der Waals surface area contributed by atoms with Crippen molar-refractivity contribution in [3.05, 3.63) is 17.0 Å². The van der Waals surface area contributed by atoms with E-state index in [4.69, 9.17) is 0 Å². The Morgan fingerprint density at radius 2 is 2.11 bits per heavy atom. The van der Waals surface area contributed by atoms with E-state index in [0.717, 1.165) is 50.4 Å². The summed E-state index contributed by atoms with van der Waals surface area (Å²) in [4.78, 5) is 18.4. The number of aryl methyl sites for hydroxylation is 2. The molecule has 1 fully saturated rings. The minimum atomic E-state index is 0.250. The Labute approximate surface area is 163 Å². The summed E-state index contributed by atoms with van der Waals surface area (Å²) < 4.78 is 1.94. The third-order valence-electron chi connectivity index (χ3n) is 5.57. The molecule has 1 aromatic heterocycles. The minimum Gasteiger partial charge on any atom is -0.356 e. The number of carbonyl (C=O) groups is 1. The van der Waals surface area contributed by atoms with E-state index in [9.17, 15) is 4.79 Å². The number of hydrogen-bond donors (Lipinski definition) is 2. The van der Waals surface area contributed by atoms with Crippen LogP contribution in [0.25, 0.3) is 0 Å². The Morgan fingerprint density at radius 1 is 1.37 bits per heavy atom.